The number of nitrogens with zero attached hydrogens (tertiary/aromatic N) is 2. The number of carbonyl (C=O) groups excluding carboxylic acids is 1. The van der Waals surface area contributed by atoms with Crippen molar-refractivity contribution >= 4 is 54.9 Å². The lowest BCUT2D eigenvalue weighted by atomic mass is 10.2. The molecule has 2 heterocycles. The molecule has 124 valence electrons. The summed E-state index contributed by atoms with van der Waals surface area (Å²) in [7, 11) is -3.36. The number of thioether (sulfide) groups is 1. The van der Waals surface area contributed by atoms with Crippen molar-refractivity contribution in [2.24, 2.45) is 0 Å². The molecule has 1 amide bonds. The van der Waals surface area contributed by atoms with Crippen molar-refractivity contribution < 1.29 is 13.2 Å². The molecule has 1 aliphatic rings. The van der Waals surface area contributed by atoms with Crippen LogP contribution in [-0.4, -0.2) is 48.7 Å². The number of fused-ring (bicyclic) bond motifs is 1. The van der Waals surface area contributed by atoms with E-state index in [0.717, 1.165) is 20.8 Å². The Kier molecular flexibility index (Phi) is 4.63. The van der Waals surface area contributed by atoms with Crippen molar-refractivity contribution in [2.75, 3.05) is 24.4 Å². The summed E-state index contributed by atoms with van der Waals surface area (Å²) in [4.78, 5) is 16.9. The summed E-state index contributed by atoms with van der Waals surface area (Å²) in [6, 6.07) is 4.92. The highest BCUT2D eigenvalue weighted by atomic mass is 32.2. The number of thiazole rings is 1. The highest BCUT2D eigenvalue weighted by molar-refractivity contribution is 8.00. The molecule has 6 nitrogen and oxygen atoms in total. The van der Waals surface area contributed by atoms with Crippen LogP contribution in [0.5, 0.6) is 0 Å². The van der Waals surface area contributed by atoms with Gasteiger partial charge in [0, 0.05) is 12.2 Å². The molecule has 1 aliphatic heterocycles. The Labute approximate surface area is 143 Å². The minimum Gasteiger partial charge on any atom is -0.325 e. The molecule has 2 aromatic rings. The van der Waals surface area contributed by atoms with Crippen molar-refractivity contribution in [3.63, 3.8) is 0 Å². The van der Waals surface area contributed by atoms with E-state index in [4.69, 9.17) is 0 Å². The van der Waals surface area contributed by atoms with E-state index in [1.807, 2.05) is 18.4 Å². The van der Waals surface area contributed by atoms with Crippen LogP contribution in [0.25, 0.3) is 10.2 Å². The van der Waals surface area contributed by atoms with Crippen LogP contribution in [0.3, 0.4) is 0 Å². The molecule has 0 radical (unpaired) electrons. The Morgan fingerprint density at radius 3 is 2.96 bits per heavy atom. The largest absolute Gasteiger partial charge is 0.325 e. The molecule has 1 aromatic heterocycles. The summed E-state index contributed by atoms with van der Waals surface area (Å²) in [6.45, 7) is 0.405. The molecule has 0 aliphatic carbocycles. The van der Waals surface area contributed by atoms with Crippen molar-refractivity contribution in [2.45, 2.75) is 23.2 Å². The summed E-state index contributed by atoms with van der Waals surface area (Å²) in [6.07, 6.45) is 4.38. The van der Waals surface area contributed by atoms with E-state index in [1.54, 1.807) is 29.2 Å². The van der Waals surface area contributed by atoms with Gasteiger partial charge in [-0.15, -0.1) is 11.3 Å². The molecule has 3 rings (SSSR count). The fourth-order valence-electron chi connectivity index (χ4n) is 2.69. The van der Waals surface area contributed by atoms with Crippen LogP contribution >= 0.6 is 23.1 Å². The molecule has 23 heavy (non-hydrogen) atoms. The van der Waals surface area contributed by atoms with Gasteiger partial charge in [-0.2, -0.15) is 4.31 Å². The van der Waals surface area contributed by atoms with Gasteiger partial charge < -0.3 is 5.32 Å². The summed E-state index contributed by atoms with van der Waals surface area (Å²) in [5, 5.41) is 2.83. The number of aromatic nitrogens is 1. The average Bonchev–Trinajstić information content (AvgIpc) is 3.12. The first-order chi connectivity index (χ1) is 10.9. The number of hydrogen-bond acceptors (Lipinski definition) is 6. The van der Waals surface area contributed by atoms with Gasteiger partial charge >= 0.3 is 0 Å². The molecule has 0 unspecified atom stereocenters. The molecule has 1 N–H and O–H groups in total. The van der Waals surface area contributed by atoms with Crippen molar-refractivity contribution in [1.82, 2.24) is 9.29 Å². The monoisotopic (exact) mass is 371 g/mol. The normalized spacial score (nSPS) is 19.3. The number of hydrogen-bond donors (Lipinski definition) is 1. The van der Waals surface area contributed by atoms with Gasteiger partial charge in [-0.3, -0.25) is 4.79 Å². The number of amides is 1. The fourth-order valence-corrected chi connectivity index (χ4v) is 5.35. The van der Waals surface area contributed by atoms with E-state index in [9.17, 15) is 13.2 Å². The van der Waals surface area contributed by atoms with Gasteiger partial charge in [0.15, 0.2) is 4.34 Å². The van der Waals surface area contributed by atoms with Gasteiger partial charge in [0.1, 0.15) is 6.04 Å². The van der Waals surface area contributed by atoms with Crippen LogP contribution in [0.2, 0.25) is 0 Å². The SMILES string of the molecule is CSc1nc2ccc(NC(=O)[C@@H]3CCCN3S(C)(=O)=O)cc2s1. The standard InChI is InChI=1S/C14H17N3O3S3/c1-21-14-16-10-6-5-9(8-12(10)22-14)15-13(18)11-4-3-7-17(11)23(2,19)20/h5-6,8,11H,3-4,7H2,1-2H3,(H,15,18)/t11-/m0/s1. The maximum Gasteiger partial charge on any atom is 0.242 e. The van der Waals surface area contributed by atoms with Crippen LogP contribution in [0.4, 0.5) is 5.69 Å². The molecule has 9 heteroatoms. The van der Waals surface area contributed by atoms with E-state index in [-0.39, 0.29) is 5.91 Å². The first-order valence-electron chi connectivity index (χ1n) is 7.11. The topological polar surface area (TPSA) is 79.4 Å². The zero-order chi connectivity index (χ0) is 16.6. The van der Waals surface area contributed by atoms with Crippen LogP contribution in [0.15, 0.2) is 22.5 Å². The van der Waals surface area contributed by atoms with Gasteiger partial charge in [0.05, 0.1) is 16.5 Å². The second kappa shape index (κ2) is 6.39. The Hall–Kier alpha value is -1.16. The smallest absolute Gasteiger partial charge is 0.242 e. The zero-order valence-electron chi connectivity index (χ0n) is 12.8. The first-order valence-corrected chi connectivity index (χ1v) is 11.0. The number of rotatable bonds is 4. The fraction of sp³-hybridized carbons (Fsp3) is 0.429. The van der Waals surface area contributed by atoms with Crippen molar-refractivity contribution in [3.05, 3.63) is 18.2 Å². The predicted octanol–water partition coefficient (Wildman–Crippen LogP) is 2.38. The lowest BCUT2D eigenvalue weighted by molar-refractivity contribution is -0.119. The van der Waals surface area contributed by atoms with Crippen LogP contribution in [-0.2, 0) is 14.8 Å². The number of benzene rings is 1. The molecule has 1 fully saturated rings. The van der Waals surface area contributed by atoms with Gasteiger partial charge in [0.25, 0.3) is 0 Å². The van der Waals surface area contributed by atoms with Gasteiger partial charge in [-0.1, -0.05) is 11.8 Å². The Morgan fingerprint density at radius 1 is 1.48 bits per heavy atom. The van der Waals surface area contributed by atoms with Crippen LogP contribution in [0, 0.1) is 0 Å². The van der Waals surface area contributed by atoms with E-state index in [0.29, 0.717) is 25.1 Å². The number of carbonyl (C=O) groups is 1. The summed E-state index contributed by atoms with van der Waals surface area (Å²) in [5.41, 5.74) is 1.56. The molecular formula is C14H17N3O3S3. The average molecular weight is 372 g/mol. The first kappa shape index (κ1) is 16.7. The van der Waals surface area contributed by atoms with Gasteiger partial charge in [0.2, 0.25) is 15.9 Å². The third-order valence-electron chi connectivity index (χ3n) is 3.74. The second-order valence-corrected chi connectivity index (χ2v) is 9.41. The molecule has 0 spiro atoms. The molecule has 1 saturated heterocycles. The number of sulfonamides is 1. The van der Waals surface area contributed by atoms with E-state index in [2.05, 4.69) is 10.3 Å². The summed E-state index contributed by atoms with van der Waals surface area (Å²) < 4.78 is 26.7. The van der Waals surface area contributed by atoms with E-state index in [1.165, 1.54) is 4.31 Å². The Balaban J connectivity index is 1.79. The second-order valence-electron chi connectivity index (χ2n) is 5.39. The molecule has 1 atom stereocenters. The van der Waals surface area contributed by atoms with E-state index >= 15 is 0 Å². The molecule has 0 saturated carbocycles. The highest BCUT2D eigenvalue weighted by Gasteiger charge is 2.36. The predicted molar refractivity (Wildman–Crippen MR) is 94.6 cm³/mol. The minimum absolute atomic E-state index is 0.276. The lowest BCUT2D eigenvalue weighted by Crippen LogP contribution is -2.42. The van der Waals surface area contributed by atoms with Crippen LogP contribution < -0.4 is 5.32 Å². The maximum absolute atomic E-state index is 12.4. The molecular weight excluding hydrogens is 354 g/mol. The minimum atomic E-state index is -3.36. The van der Waals surface area contributed by atoms with Crippen molar-refractivity contribution in [3.8, 4) is 0 Å². The Bertz CT molecular complexity index is 847. The van der Waals surface area contributed by atoms with Gasteiger partial charge in [-0.05, 0) is 37.3 Å². The van der Waals surface area contributed by atoms with Crippen molar-refractivity contribution in [1.29, 1.82) is 0 Å². The number of nitrogens with one attached hydrogen (secondary N) is 1. The van der Waals surface area contributed by atoms with Crippen LogP contribution in [0.1, 0.15) is 12.8 Å². The van der Waals surface area contributed by atoms with E-state index < -0.39 is 16.1 Å². The summed E-state index contributed by atoms with van der Waals surface area (Å²) >= 11 is 3.15. The third kappa shape index (κ3) is 3.52. The zero-order valence-corrected chi connectivity index (χ0v) is 15.2. The van der Waals surface area contributed by atoms with Gasteiger partial charge in [-0.25, -0.2) is 13.4 Å². The quantitative estimate of drug-likeness (QED) is 0.835. The molecule has 1 aromatic carbocycles. The highest BCUT2D eigenvalue weighted by Crippen LogP contribution is 2.30. The third-order valence-corrected chi connectivity index (χ3v) is 7.04. The maximum atomic E-state index is 12.4. The number of anilines is 1. The molecule has 0 bridgehead atoms. The summed E-state index contributed by atoms with van der Waals surface area (Å²) in [5.74, 6) is -0.276. The Morgan fingerprint density at radius 2 is 2.26 bits per heavy atom. The lowest BCUT2D eigenvalue weighted by Gasteiger charge is -2.21.